The number of aryl methyl sites for hydroxylation is 2. The molecule has 1 aromatic rings. The average Bonchev–Trinajstić information content (AvgIpc) is 3.05. The maximum Gasteiger partial charge on any atom is 0.158 e. The van der Waals surface area contributed by atoms with Crippen molar-refractivity contribution in [2.75, 3.05) is 7.11 Å². The van der Waals surface area contributed by atoms with Gasteiger partial charge in [-0.15, -0.1) is 0 Å². The molecule has 164 valence electrons. The van der Waals surface area contributed by atoms with Gasteiger partial charge in [0.25, 0.3) is 0 Å². The Hall–Kier alpha value is -1.83. The number of carbonyl (C=O) groups excluding carboxylic acids is 1. The summed E-state index contributed by atoms with van der Waals surface area (Å²) in [5.41, 5.74) is 6.87. The molecule has 0 saturated heterocycles. The molecule has 3 rings (SSSR count). The summed E-state index contributed by atoms with van der Waals surface area (Å²) in [4.78, 5) is 12.9. The lowest BCUT2D eigenvalue weighted by atomic mass is 9.64. The molecule has 1 aromatic carbocycles. The van der Waals surface area contributed by atoms with Crippen molar-refractivity contribution < 1.29 is 9.53 Å². The Morgan fingerprint density at radius 2 is 2.03 bits per heavy atom. The van der Waals surface area contributed by atoms with E-state index in [2.05, 4.69) is 52.8 Å². The Kier molecular flexibility index (Phi) is 7.26. The van der Waals surface area contributed by atoms with Gasteiger partial charge in [0, 0.05) is 6.42 Å². The van der Waals surface area contributed by atoms with Gasteiger partial charge in [-0.25, -0.2) is 0 Å². The molecule has 2 unspecified atom stereocenters. The summed E-state index contributed by atoms with van der Waals surface area (Å²) in [5, 5.41) is 0. The second-order valence-corrected chi connectivity index (χ2v) is 10.1. The zero-order valence-corrected chi connectivity index (χ0v) is 19.9. The maximum atomic E-state index is 12.9. The van der Waals surface area contributed by atoms with Gasteiger partial charge in [-0.1, -0.05) is 37.1 Å². The van der Waals surface area contributed by atoms with Crippen molar-refractivity contribution in [2.24, 2.45) is 17.3 Å². The molecule has 2 heteroatoms. The van der Waals surface area contributed by atoms with Gasteiger partial charge in [0.15, 0.2) is 5.78 Å². The number of carbonyl (C=O) groups is 1. The van der Waals surface area contributed by atoms with Crippen molar-refractivity contribution >= 4 is 5.78 Å². The normalized spacial score (nSPS) is 24.6. The highest BCUT2D eigenvalue weighted by molar-refractivity contribution is 5.97. The molecule has 30 heavy (non-hydrogen) atoms. The first-order valence-electron chi connectivity index (χ1n) is 11.8. The van der Waals surface area contributed by atoms with E-state index in [1.54, 1.807) is 7.11 Å². The number of hydrogen-bond acceptors (Lipinski definition) is 2. The topological polar surface area (TPSA) is 26.3 Å². The molecule has 0 radical (unpaired) electrons. The summed E-state index contributed by atoms with van der Waals surface area (Å²) in [7, 11) is 1.71. The highest BCUT2D eigenvalue weighted by Gasteiger charge is 2.48. The number of fused-ring (bicyclic) bond motifs is 1. The van der Waals surface area contributed by atoms with Crippen LogP contribution in [-0.2, 0) is 11.2 Å². The van der Waals surface area contributed by atoms with E-state index in [9.17, 15) is 4.79 Å². The third-order valence-corrected chi connectivity index (χ3v) is 7.85. The Morgan fingerprint density at radius 3 is 2.73 bits per heavy atom. The number of ketones is 1. The SMILES string of the molecule is COc1ccc(C)c(CCC2=C3CCC([C@H](C)CCC=C(C)C)C3(C)CCC2=O)c1. The second kappa shape index (κ2) is 9.54. The zero-order chi connectivity index (χ0) is 21.9. The summed E-state index contributed by atoms with van der Waals surface area (Å²) in [6.07, 6.45) is 10.7. The third-order valence-electron chi connectivity index (χ3n) is 7.85. The highest BCUT2D eigenvalue weighted by Crippen LogP contribution is 2.57. The lowest BCUT2D eigenvalue weighted by Crippen LogP contribution is -2.33. The number of methoxy groups -OCH3 is 1. The van der Waals surface area contributed by atoms with E-state index in [-0.39, 0.29) is 5.41 Å². The lowest BCUT2D eigenvalue weighted by Gasteiger charge is -2.40. The standard InChI is InChI=1S/C28H40O2/c1-19(2)8-7-9-21(4)25-14-15-26-24(27(29)16-17-28(25,26)5)13-11-22-18-23(30-6)12-10-20(22)3/h8,10,12,18,21,25H,7,9,11,13-17H2,1-6H3/t21-,25?,28?/m1/s1. The third kappa shape index (κ3) is 4.74. The van der Waals surface area contributed by atoms with Gasteiger partial charge >= 0.3 is 0 Å². The summed E-state index contributed by atoms with van der Waals surface area (Å²) in [5.74, 6) is 2.72. The van der Waals surface area contributed by atoms with Gasteiger partial charge in [0.2, 0.25) is 0 Å². The van der Waals surface area contributed by atoms with Gasteiger partial charge in [0.1, 0.15) is 5.75 Å². The van der Waals surface area contributed by atoms with E-state index in [0.29, 0.717) is 17.6 Å². The Balaban J connectivity index is 1.79. The predicted molar refractivity (Wildman–Crippen MR) is 126 cm³/mol. The van der Waals surface area contributed by atoms with Crippen LogP contribution in [0.5, 0.6) is 5.75 Å². The van der Waals surface area contributed by atoms with Gasteiger partial charge in [-0.05, 0) is 112 Å². The van der Waals surface area contributed by atoms with Crippen LogP contribution in [-0.4, -0.2) is 12.9 Å². The molecule has 0 aliphatic heterocycles. The quantitative estimate of drug-likeness (QED) is 0.419. The fourth-order valence-corrected chi connectivity index (χ4v) is 5.99. The molecule has 0 aromatic heterocycles. The Morgan fingerprint density at radius 1 is 1.27 bits per heavy atom. The van der Waals surface area contributed by atoms with Crippen LogP contribution in [0.25, 0.3) is 0 Å². The van der Waals surface area contributed by atoms with Crippen molar-refractivity contribution in [3.8, 4) is 5.75 Å². The van der Waals surface area contributed by atoms with Crippen molar-refractivity contribution in [3.05, 3.63) is 52.1 Å². The van der Waals surface area contributed by atoms with E-state index >= 15 is 0 Å². The minimum Gasteiger partial charge on any atom is -0.497 e. The van der Waals surface area contributed by atoms with E-state index in [1.807, 2.05) is 6.07 Å². The minimum absolute atomic E-state index is 0.219. The highest BCUT2D eigenvalue weighted by atomic mass is 16.5. The minimum atomic E-state index is 0.219. The number of allylic oxidation sites excluding steroid dienone is 4. The first-order valence-corrected chi connectivity index (χ1v) is 11.8. The van der Waals surface area contributed by atoms with Crippen molar-refractivity contribution in [1.29, 1.82) is 0 Å². The van der Waals surface area contributed by atoms with Crippen LogP contribution in [0.3, 0.4) is 0 Å². The summed E-state index contributed by atoms with van der Waals surface area (Å²) in [6.45, 7) is 11.4. The predicted octanol–water partition coefficient (Wildman–Crippen LogP) is 7.39. The molecular weight excluding hydrogens is 368 g/mol. The molecule has 2 aliphatic carbocycles. The molecule has 1 fully saturated rings. The first kappa shape index (κ1) is 22.8. The molecule has 0 heterocycles. The van der Waals surface area contributed by atoms with Crippen LogP contribution in [0, 0.1) is 24.2 Å². The van der Waals surface area contributed by atoms with Crippen LogP contribution >= 0.6 is 0 Å². The van der Waals surface area contributed by atoms with Gasteiger partial charge in [-0.2, -0.15) is 0 Å². The van der Waals surface area contributed by atoms with E-state index in [4.69, 9.17) is 4.74 Å². The first-order chi connectivity index (χ1) is 14.3. The molecule has 0 amide bonds. The largest absolute Gasteiger partial charge is 0.497 e. The number of benzene rings is 1. The molecule has 1 saturated carbocycles. The molecule has 0 N–H and O–H groups in total. The van der Waals surface area contributed by atoms with Crippen molar-refractivity contribution in [3.63, 3.8) is 0 Å². The van der Waals surface area contributed by atoms with Gasteiger partial charge in [0.05, 0.1) is 7.11 Å². The zero-order valence-electron chi connectivity index (χ0n) is 19.9. The summed E-state index contributed by atoms with van der Waals surface area (Å²) < 4.78 is 5.41. The van der Waals surface area contributed by atoms with E-state index in [1.165, 1.54) is 41.5 Å². The van der Waals surface area contributed by atoms with Crippen LogP contribution in [0.2, 0.25) is 0 Å². The summed E-state index contributed by atoms with van der Waals surface area (Å²) in [6, 6.07) is 6.27. The number of Topliss-reactive ketones (excluding diaryl/α,β-unsaturated/α-hetero) is 1. The number of hydrogen-bond donors (Lipinski definition) is 0. The van der Waals surface area contributed by atoms with E-state index in [0.717, 1.165) is 43.4 Å². The molecule has 2 aliphatic rings. The Bertz CT molecular complexity index is 840. The van der Waals surface area contributed by atoms with Crippen LogP contribution in [0.1, 0.15) is 83.8 Å². The Labute approximate surface area is 183 Å². The van der Waals surface area contributed by atoms with Crippen molar-refractivity contribution in [1.82, 2.24) is 0 Å². The molecule has 3 atom stereocenters. The summed E-state index contributed by atoms with van der Waals surface area (Å²) >= 11 is 0. The molecule has 0 bridgehead atoms. The average molecular weight is 409 g/mol. The lowest BCUT2D eigenvalue weighted by molar-refractivity contribution is -0.117. The molecule has 0 spiro atoms. The van der Waals surface area contributed by atoms with Crippen LogP contribution in [0.15, 0.2) is 41.0 Å². The molecular formula is C28H40O2. The number of rotatable bonds is 8. The monoisotopic (exact) mass is 408 g/mol. The van der Waals surface area contributed by atoms with E-state index < -0.39 is 0 Å². The fourth-order valence-electron chi connectivity index (χ4n) is 5.99. The van der Waals surface area contributed by atoms with Gasteiger partial charge in [-0.3, -0.25) is 4.79 Å². The van der Waals surface area contributed by atoms with Crippen LogP contribution in [0.4, 0.5) is 0 Å². The molecule has 2 nitrogen and oxygen atoms in total. The van der Waals surface area contributed by atoms with Crippen LogP contribution < -0.4 is 4.74 Å². The smallest absolute Gasteiger partial charge is 0.158 e. The van der Waals surface area contributed by atoms with Crippen molar-refractivity contribution in [2.45, 2.75) is 86.0 Å². The second-order valence-electron chi connectivity index (χ2n) is 10.1. The number of ether oxygens (including phenoxy) is 1. The van der Waals surface area contributed by atoms with Gasteiger partial charge < -0.3 is 4.74 Å². The maximum absolute atomic E-state index is 12.9. The fraction of sp³-hybridized carbons (Fsp3) is 0.607.